The lowest BCUT2D eigenvalue weighted by atomic mass is 9.83. The van der Waals surface area contributed by atoms with Crippen LogP contribution in [0.15, 0.2) is 28.7 Å². The summed E-state index contributed by atoms with van der Waals surface area (Å²) in [5, 5.41) is 10.5. The number of halogens is 1. The van der Waals surface area contributed by atoms with Crippen LogP contribution in [0.1, 0.15) is 25.8 Å². The molecule has 0 heterocycles. The van der Waals surface area contributed by atoms with Crippen molar-refractivity contribution in [1.29, 1.82) is 0 Å². The van der Waals surface area contributed by atoms with Crippen molar-refractivity contribution in [3.05, 3.63) is 34.3 Å². The maximum Gasteiger partial charge on any atom is 0.0686 e. The minimum absolute atomic E-state index is 0.214. The van der Waals surface area contributed by atoms with Crippen LogP contribution in [-0.2, 0) is 11.2 Å². The molecule has 2 atom stereocenters. The molecule has 1 N–H and O–H groups in total. The monoisotopic (exact) mass is 300 g/mol. The molecule has 0 fully saturated rings. The van der Waals surface area contributed by atoms with Crippen molar-refractivity contribution in [2.75, 3.05) is 13.7 Å². The van der Waals surface area contributed by atoms with Crippen molar-refractivity contribution < 1.29 is 9.84 Å². The van der Waals surface area contributed by atoms with Gasteiger partial charge in [-0.1, -0.05) is 35.0 Å². The quantitative estimate of drug-likeness (QED) is 0.872. The van der Waals surface area contributed by atoms with Crippen LogP contribution in [0.5, 0.6) is 0 Å². The van der Waals surface area contributed by atoms with Crippen LogP contribution in [0.25, 0.3) is 0 Å². The van der Waals surface area contributed by atoms with Gasteiger partial charge in [0, 0.05) is 24.6 Å². The van der Waals surface area contributed by atoms with E-state index in [0.29, 0.717) is 13.0 Å². The van der Waals surface area contributed by atoms with E-state index in [0.717, 1.165) is 16.5 Å². The predicted octanol–water partition coefficient (Wildman–Crippen LogP) is 3.42. The Hall–Kier alpha value is -0.380. The van der Waals surface area contributed by atoms with E-state index in [1.807, 2.05) is 31.2 Å². The Morgan fingerprint density at radius 1 is 1.35 bits per heavy atom. The van der Waals surface area contributed by atoms with Crippen molar-refractivity contribution in [2.45, 2.75) is 32.3 Å². The van der Waals surface area contributed by atoms with E-state index >= 15 is 0 Å². The molecule has 2 unspecified atom stereocenters. The zero-order chi connectivity index (χ0) is 12.9. The summed E-state index contributed by atoms with van der Waals surface area (Å²) >= 11 is 3.41. The number of aliphatic hydroxyl groups is 1. The highest BCUT2D eigenvalue weighted by Crippen LogP contribution is 2.25. The molecule has 0 radical (unpaired) electrons. The van der Waals surface area contributed by atoms with E-state index < -0.39 is 5.60 Å². The zero-order valence-corrected chi connectivity index (χ0v) is 12.3. The molecule has 0 amide bonds. The molecule has 0 aliphatic heterocycles. The lowest BCUT2D eigenvalue weighted by Crippen LogP contribution is -2.35. The molecule has 0 aromatic heterocycles. The summed E-state index contributed by atoms with van der Waals surface area (Å²) in [4.78, 5) is 0. The molecule has 1 aromatic carbocycles. The molecule has 0 aliphatic carbocycles. The van der Waals surface area contributed by atoms with Crippen LogP contribution in [-0.4, -0.2) is 24.4 Å². The second-order valence-electron chi connectivity index (χ2n) is 4.84. The third-order valence-electron chi connectivity index (χ3n) is 3.29. The van der Waals surface area contributed by atoms with Gasteiger partial charge in [0.1, 0.15) is 0 Å². The van der Waals surface area contributed by atoms with Gasteiger partial charge < -0.3 is 9.84 Å². The Morgan fingerprint density at radius 2 is 1.94 bits per heavy atom. The van der Waals surface area contributed by atoms with Crippen LogP contribution < -0.4 is 0 Å². The first kappa shape index (κ1) is 14.7. The van der Waals surface area contributed by atoms with Crippen molar-refractivity contribution in [1.82, 2.24) is 0 Å². The van der Waals surface area contributed by atoms with Gasteiger partial charge in [0.25, 0.3) is 0 Å². The molecule has 17 heavy (non-hydrogen) atoms. The van der Waals surface area contributed by atoms with Crippen molar-refractivity contribution in [2.24, 2.45) is 5.92 Å². The van der Waals surface area contributed by atoms with E-state index in [1.54, 1.807) is 7.11 Å². The number of ether oxygens (including phenoxy) is 1. The molecular weight excluding hydrogens is 280 g/mol. The summed E-state index contributed by atoms with van der Waals surface area (Å²) in [6, 6.07) is 8.10. The molecule has 3 heteroatoms. The average Bonchev–Trinajstić information content (AvgIpc) is 2.28. The van der Waals surface area contributed by atoms with Gasteiger partial charge in [-0.3, -0.25) is 0 Å². The fraction of sp³-hybridized carbons (Fsp3) is 0.571. The Balaban J connectivity index is 2.61. The van der Waals surface area contributed by atoms with E-state index in [9.17, 15) is 5.11 Å². The summed E-state index contributed by atoms with van der Waals surface area (Å²) in [6.45, 7) is 4.66. The molecule has 0 aliphatic rings. The van der Waals surface area contributed by atoms with Gasteiger partial charge in [-0.15, -0.1) is 0 Å². The van der Waals surface area contributed by atoms with Crippen molar-refractivity contribution in [3.8, 4) is 0 Å². The summed E-state index contributed by atoms with van der Waals surface area (Å²) in [5.74, 6) is 0.214. The Labute approximate surface area is 112 Å². The lowest BCUT2D eigenvalue weighted by molar-refractivity contribution is -0.00555. The predicted molar refractivity (Wildman–Crippen MR) is 74.1 cm³/mol. The molecule has 2 nitrogen and oxygen atoms in total. The lowest BCUT2D eigenvalue weighted by Gasteiger charge is -2.30. The molecule has 0 bridgehead atoms. The topological polar surface area (TPSA) is 29.5 Å². The van der Waals surface area contributed by atoms with Gasteiger partial charge in [-0.2, -0.15) is 0 Å². The van der Waals surface area contributed by atoms with Gasteiger partial charge in [-0.05, 0) is 37.0 Å². The van der Waals surface area contributed by atoms with Crippen LogP contribution in [0, 0.1) is 5.92 Å². The fourth-order valence-electron chi connectivity index (χ4n) is 1.80. The summed E-state index contributed by atoms with van der Waals surface area (Å²) in [5.41, 5.74) is 0.467. The van der Waals surface area contributed by atoms with Gasteiger partial charge in [0.15, 0.2) is 0 Å². The van der Waals surface area contributed by atoms with E-state index in [2.05, 4.69) is 22.9 Å². The zero-order valence-electron chi connectivity index (χ0n) is 10.7. The van der Waals surface area contributed by atoms with Crippen LogP contribution >= 0.6 is 15.9 Å². The second-order valence-corrected chi connectivity index (χ2v) is 5.76. The summed E-state index contributed by atoms with van der Waals surface area (Å²) in [7, 11) is 1.69. The average molecular weight is 301 g/mol. The van der Waals surface area contributed by atoms with Crippen LogP contribution in [0.2, 0.25) is 0 Å². The van der Waals surface area contributed by atoms with Gasteiger partial charge in [-0.25, -0.2) is 0 Å². The van der Waals surface area contributed by atoms with Crippen LogP contribution in [0.3, 0.4) is 0 Å². The Bertz CT molecular complexity index is 333. The highest BCUT2D eigenvalue weighted by atomic mass is 79.9. The van der Waals surface area contributed by atoms with E-state index in [-0.39, 0.29) is 5.92 Å². The van der Waals surface area contributed by atoms with Gasteiger partial charge in [0.2, 0.25) is 0 Å². The first-order valence-corrected chi connectivity index (χ1v) is 6.71. The third kappa shape index (κ3) is 4.78. The van der Waals surface area contributed by atoms with Gasteiger partial charge in [0.05, 0.1) is 5.60 Å². The minimum Gasteiger partial charge on any atom is -0.390 e. The third-order valence-corrected chi connectivity index (χ3v) is 3.82. The summed E-state index contributed by atoms with van der Waals surface area (Å²) < 4.78 is 6.12. The number of hydrogen-bond acceptors (Lipinski definition) is 2. The normalized spacial score (nSPS) is 16.5. The maximum atomic E-state index is 10.5. The number of methoxy groups -OCH3 is 1. The fourth-order valence-corrected chi connectivity index (χ4v) is 2.06. The maximum absolute atomic E-state index is 10.5. The van der Waals surface area contributed by atoms with Gasteiger partial charge >= 0.3 is 0 Å². The van der Waals surface area contributed by atoms with E-state index in [4.69, 9.17) is 4.74 Å². The molecule has 1 aromatic rings. The SMILES string of the molecule is COCCC(C)C(C)(O)Cc1ccc(Br)cc1. The highest BCUT2D eigenvalue weighted by molar-refractivity contribution is 9.10. The number of rotatable bonds is 6. The minimum atomic E-state index is -0.688. The Morgan fingerprint density at radius 3 is 2.47 bits per heavy atom. The molecule has 1 rings (SSSR count). The second kappa shape index (κ2) is 6.53. The molecular formula is C14H21BrO2. The molecule has 0 spiro atoms. The number of hydrogen-bond donors (Lipinski definition) is 1. The standard InChI is InChI=1S/C14H21BrO2/c1-11(8-9-17-3)14(2,16)10-12-4-6-13(15)7-5-12/h4-7,11,16H,8-10H2,1-3H3. The number of benzene rings is 1. The van der Waals surface area contributed by atoms with E-state index in [1.165, 1.54) is 0 Å². The molecule has 0 saturated heterocycles. The first-order valence-electron chi connectivity index (χ1n) is 5.91. The van der Waals surface area contributed by atoms with Crippen molar-refractivity contribution >= 4 is 15.9 Å². The van der Waals surface area contributed by atoms with Crippen LogP contribution in [0.4, 0.5) is 0 Å². The summed E-state index contributed by atoms with van der Waals surface area (Å²) in [6.07, 6.45) is 1.55. The molecule has 96 valence electrons. The largest absolute Gasteiger partial charge is 0.390 e. The molecule has 0 saturated carbocycles. The van der Waals surface area contributed by atoms with Crippen molar-refractivity contribution in [3.63, 3.8) is 0 Å². The smallest absolute Gasteiger partial charge is 0.0686 e. The highest BCUT2D eigenvalue weighted by Gasteiger charge is 2.28. The Kier molecular flexibility index (Phi) is 5.63. The first-order chi connectivity index (χ1) is 7.95.